The molecule has 0 bridgehead atoms. The molecule has 1 fully saturated rings. The monoisotopic (exact) mass is 525 g/mol. The number of rotatable bonds is 4. The van der Waals surface area contributed by atoms with Gasteiger partial charge in [0.05, 0.1) is 17.7 Å². The molecule has 0 unspecified atom stereocenters. The largest absolute Gasteiger partial charge is 0.462 e. The number of esters is 1. The van der Waals surface area contributed by atoms with Gasteiger partial charge in [0.1, 0.15) is 11.9 Å². The summed E-state index contributed by atoms with van der Waals surface area (Å²) in [5.41, 5.74) is -1.80. The van der Waals surface area contributed by atoms with E-state index in [4.69, 9.17) is 0 Å². The maximum atomic E-state index is 13.6. The molecular weight excluding hydrogens is 507 g/mol. The highest BCUT2D eigenvalue weighted by atomic mass is 79.9. The van der Waals surface area contributed by atoms with Gasteiger partial charge in [-0.05, 0) is 37.3 Å². The minimum atomic E-state index is -4.92. The Kier molecular flexibility index (Phi) is 7.43. The van der Waals surface area contributed by atoms with E-state index in [1.165, 1.54) is 16.7 Å². The number of nitriles is 1. The number of urea groups is 1. The lowest BCUT2D eigenvalue weighted by molar-refractivity contribution is -0.141. The van der Waals surface area contributed by atoms with Gasteiger partial charge in [0, 0.05) is 36.3 Å². The first-order chi connectivity index (χ1) is 15.6. The van der Waals surface area contributed by atoms with Crippen molar-refractivity contribution in [2.24, 2.45) is 0 Å². The van der Waals surface area contributed by atoms with E-state index in [1.807, 2.05) is 0 Å². The number of carbonyl (C=O) groups excluding carboxylic acids is 2. The van der Waals surface area contributed by atoms with Crippen molar-refractivity contribution in [2.75, 3.05) is 43.0 Å². The number of anilines is 2. The Balaban J connectivity index is 1.78. The van der Waals surface area contributed by atoms with Gasteiger partial charge in [0.25, 0.3) is 0 Å². The molecule has 2 heterocycles. The van der Waals surface area contributed by atoms with Gasteiger partial charge < -0.3 is 19.9 Å². The van der Waals surface area contributed by atoms with Gasteiger partial charge in [-0.2, -0.15) is 18.4 Å². The first-order valence-electron chi connectivity index (χ1n) is 9.90. The summed E-state index contributed by atoms with van der Waals surface area (Å²) in [6.07, 6.45) is -4.92. The first-order valence-corrected chi connectivity index (χ1v) is 10.7. The number of hydrogen-bond acceptors (Lipinski definition) is 6. The minimum Gasteiger partial charge on any atom is -0.462 e. The lowest BCUT2D eigenvalue weighted by Gasteiger charge is -2.36. The van der Waals surface area contributed by atoms with Crippen LogP contribution in [0.5, 0.6) is 0 Å². The third-order valence-corrected chi connectivity index (χ3v) is 5.38. The smallest absolute Gasteiger partial charge is 0.434 e. The maximum Gasteiger partial charge on any atom is 0.434 e. The molecule has 0 aliphatic carbocycles. The highest BCUT2D eigenvalue weighted by molar-refractivity contribution is 9.10. The van der Waals surface area contributed by atoms with Gasteiger partial charge in [-0.1, -0.05) is 15.9 Å². The zero-order valence-corrected chi connectivity index (χ0v) is 19.0. The first kappa shape index (κ1) is 24.3. The van der Waals surface area contributed by atoms with E-state index >= 15 is 0 Å². The van der Waals surface area contributed by atoms with E-state index in [9.17, 15) is 28.0 Å². The summed E-state index contributed by atoms with van der Waals surface area (Å²) < 4.78 is 46.3. The maximum absolute atomic E-state index is 13.6. The molecule has 1 aliphatic heterocycles. The molecule has 174 valence electrons. The molecule has 12 heteroatoms. The zero-order valence-electron chi connectivity index (χ0n) is 17.4. The van der Waals surface area contributed by atoms with Crippen molar-refractivity contribution < 1.29 is 27.5 Å². The van der Waals surface area contributed by atoms with Crippen molar-refractivity contribution in [3.8, 4) is 6.07 Å². The van der Waals surface area contributed by atoms with E-state index in [0.29, 0.717) is 5.69 Å². The van der Waals surface area contributed by atoms with Crippen molar-refractivity contribution in [3.05, 3.63) is 51.6 Å². The van der Waals surface area contributed by atoms with Crippen LogP contribution in [0.25, 0.3) is 0 Å². The summed E-state index contributed by atoms with van der Waals surface area (Å²) in [6.45, 7) is 2.07. The van der Waals surface area contributed by atoms with Crippen molar-refractivity contribution in [1.82, 2.24) is 9.88 Å². The third-order valence-electron chi connectivity index (χ3n) is 4.85. The third kappa shape index (κ3) is 5.73. The number of carbonyl (C=O) groups is 2. The van der Waals surface area contributed by atoms with Crippen molar-refractivity contribution >= 4 is 39.4 Å². The normalized spacial score (nSPS) is 13.9. The summed E-state index contributed by atoms with van der Waals surface area (Å²) in [6, 6.07) is 9.32. The number of piperazine rings is 1. The van der Waals surface area contributed by atoms with Crippen LogP contribution in [0.2, 0.25) is 0 Å². The summed E-state index contributed by atoms with van der Waals surface area (Å²) >= 11 is 3.31. The molecule has 0 saturated carbocycles. The number of aromatic nitrogens is 1. The van der Waals surface area contributed by atoms with E-state index in [0.717, 1.165) is 10.5 Å². The number of ether oxygens (including phenoxy) is 1. The average molecular weight is 526 g/mol. The van der Waals surface area contributed by atoms with Gasteiger partial charge in [-0.25, -0.2) is 14.6 Å². The second-order valence-corrected chi connectivity index (χ2v) is 7.91. The summed E-state index contributed by atoms with van der Waals surface area (Å²) in [4.78, 5) is 31.2. The van der Waals surface area contributed by atoms with E-state index < -0.39 is 23.4 Å². The van der Waals surface area contributed by atoms with E-state index in [2.05, 4.69) is 31.0 Å². The number of benzene rings is 1. The molecular formula is C21H19BrF3N5O3. The average Bonchev–Trinajstić information content (AvgIpc) is 2.79. The van der Waals surface area contributed by atoms with Crippen LogP contribution in [0.4, 0.5) is 29.5 Å². The van der Waals surface area contributed by atoms with Crippen LogP contribution in [0.3, 0.4) is 0 Å². The zero-order chi connectivity index (χ0) is 24.2. The number of alkyl halides is 3. The minimum absolute atomic E-state index is 0.121. The Morgan fingerprint density at radius 2 is 1.85 bits per heavy atom. The Bertz CT molecular complexity index is 1080. The number of hydrogen-bond donors (Lipinski definition) is 1. The lowest BCUT2D eigenvalue weighted by Crippen LogP contribution is -2.50. The van der Waals surface area contributed by atoms with Gasteiger partial charge >= 0.3 is 18.2 Å². The molecule has 33 heavy (non-hydrogen) atoms. The van der Waals surface area contributed by atoms with Crippen LogP contribution in [-0.4, -0.2) is 54.7 Å². The number of pyridine rings is 1. The van der Waals surface area contributed by atoms with Gasteiger partial charge in [0.15, 0.2) is 5.69 Å². The van der Waals surface area contributed by atoms with Crippen molar-refractivity contribution in [1.29, 1.82) is 5.26 Å². The van der Waals surface area contributed by atoms with Crippen LogP contribution >= 0.6 is 15.9 Å². The van der Waals surface area contributed by atoms with Gasteiger partial charge in [-0.15, -0.1) is 0 Å². The molecule has 0 radical (unpaired) electrons. The number of halogens is 4. The fourth-order valence-electron chi connectivity index (χ4n) is 3.26. The predicted molar refractivity (Wildman–Crippen MR) is 117 cm³/mol. The lowest BCUT2D eigenvalue weighted by atomic mass is 10.1. The summed E-state index contributed by atoms with van der Waals surface area (Å²) in [7, 11) is 0. The number of amides is 2. The molecule has 1 aliphatic rings. The Hall–Kier alpha value is -3.33. The second kappa shape index (κ2) is 10.1. The van der Waals surface area contributed by atoms with Crippen molar-refractivity contribution in [2.45, 2.75) is 13.1 Å². The standard InChI is InChI=1S/C21H19BrF3N5O3/c1-2-33-19(31)16-11-13(12-26)18(28-17(16)21(23,24)25)29-7-9-30(10-8-29)20(32)27-15-5-3-14(22)4-6-15/h3-6,11H,2,7-10H2,1H3,(H,27,32). The van der Waals surface area contributed by atoms with Crippen molar-refractivity contribution in [3.63, 3.8) is 0 Å². The molecule has 3 rings (SSSR count). The molecule has 1 N–H and O–H groups in total. The molecule has 8 nitrogen and oxygen atoms in total. The molecule has 2 amide bonds. The summed E-state index contributed by atoms with van der Waals surface area (Å²) in [5.74, 6) is -1.39. The Morgan fingerprint density at radius 3 is 2.39 bits per heavy atom. The van der Waals surface area contributed by atoms with Crippen LogP contribution in [0, 0.1) is 11.3 Å². The topological polar surface area (TPSA) is 98.6 Å². The molecule has 1 saturated heterocycles. The van der Waals surface area contributed by atoms with Crippen LogP contribution in [-0.2, 0) is 10.9 Å². The predicted octanol–water partition coefficient (Wildman–Crippen LogP) is 4.27. The SMILES string of the molecule is CCOC(=O)c1cc(C#N)c(N2CCN(C(=O)Nc3ccc(Br)cc3)CC2)nc1C(F)(F)F. The van der Waals surface area contributed by atoms with Gasteiger partial charge in [-0.3, -0.25) is 0 Å². The fraction of sp³-hybridized carbons (Fsp3) is 0.333. The van der Waals surface area contributed by atoms with Crippen LogP contribution in [0.1, 0.15) is 28.5 Å². The van der Waals surface area contributed by atoms with Crippen LogP contribution in [0.15, 0.2) is 34.8 Å². The summed E-state index contributed by atoms with van der Waals surface area (Å²) in [5, 5.41) is 12.2. The fourth-order valence-corrected chi connectivity index (χ4v) is 3.53. The van der Waals surface area contributed by atoms with E-state index in [-0.39, 0.29) is 50.2 Å². The molecule has 0 atom stereocenters. The van der Waals surface area contributed by atoms with Gasteiger partial charge in [0.2, 0.25) is 0 Å². The number of nitrogens with one attached hydrogen (secondary N) is 1. The quantitative estimate of drug-likeness (QED) is 0.598. The van der Waals surface area contributed by atoms with E-state index in [1.54, 1.807) is 30.3 Å². The van der Waals surface area contributed by atoms with Crippen LogP contribution < -0.4 is 10.2 Å². The molecule has 2 aromatic rings. The highest BCUT2D eigenvalue weighted by Gasteiger charge is 2.39. The Morgan fingerprint density at radius 1 is 1.21 bits per heavy atom. The second-order valence-electron chi connectivity index (χ2n) is 7.00. The Labute approximate surface area is 196 Å². The highest BCUT2D eigenvalue weighted by Crippen LogP contribution is 2.34. The molecule has 0 spiro atoms. The molecule has 1 aromatic carbocycles. The molecule has 1 aromatic heterocycles. The number of nitrogens with zero attached hydrogens (tertiary/aromatic N) is 4.